The van der Waals surface area contributed by atoms with E-state index in [0.29, 0.717) is 10.0 Å². The van der Waals surface area contributed by atoms with Gasteiger partial charge >= 0.3 is 0 Å². The predicted molar refractivity (Wildman–Crippen MR) is 111 cm³/mol. The highest BCUT2D eigenvalue weighted by Crippen LogP contribution is 2.44. The Hall–Kier alpha value is -2.06. The zero-order valence-corrected chi connectivity index (χ0v) is 15.6. The van der Waals surface area contributed by atoms with Gasteiger partial charge in [0.15, 0.2) is 0 Å². The van der Waals surface area contributed by atoms with Gasteiger partial charge in [-0.3, -0.25) is 0 Å². The maximum absolute atomic E-state index is 6.22. The topological polar surface area (TPSA) is 0 Å². The zero-order valence-electron chi connectivity index (χ0n) is 13.2. The van der Waals surface area contributed by atoms with Crippen molar-refractivity contribution in [2.45, 2.75) is 0 Å². The minimum atomic E-state index is 0.577. The van der Waals surface area contributed by atoms with Crippen LogP contribution in [-0.2, 0) is 0 Å². The molecular weight excluding hydrogens is 367 g/mol. The largest absolute Gasteiger partial charge is 0.135 e. The monoisotopic (exact) mass is 380 g/mol. The standard InChI is InChI=1S/C22H14Cl2S/c23-19-12-11-17(13-20(19)24)21-14-18(15-7-3-1-4-8-15)22(25-21)16-9-5-2-6-10-16/h1-14H. The summed E-state index contributed by atoms with van der Waals surface area (Å²) in [5, 5.41) is 1.16. The van der Waals surface area contributed by atoms with Crippen LogP contribution in [0.4, 0.5) is 0 Å². The Morgan fingerprint density at radius 3 is 1.84 bits per heavy atom. The van der Waals surface area contributed by atoms with E-state index in [4.69, 9.17) is 23.2 Å². The van der Waals surface area contributed by atoms with Crippen LogP contribution in [-0.4, -0.2) is 0 Å². The first-order valence-corrected chi connectivity index (χ1v) is 9.50. The van der Waals surface area contributed by atoms with Crippen LogP contribution in [0.2, 0.25) is 10.0 Å². The van der Waals surface area contributed by atoms with E-state index in [1.807, 2.05) is 30.3 Å². The van der Waals surface area contributed by atoms with Crippen molar-refractivity contribution >= 4 is 34.5 Å². The van der Waals surface area contributed by atoms with Crippen molar-refractivity contribution in [1.82, 2.24) is 0 Å². The lowest BCUT2D eigenvalue weighted by Gasteiger charge is -2.03. The van der Waals surface area contributed by atoms with Gasteiger partial charge in [-0.05, 0) is 34.9 Å². The fourth-order valence-electron chi connectivity index (χ4n) is 2.82. The highest BCUT2D eigenvalue weighted by atomic mass is 35.5. The highest BCUT2D eigenvalue weighted by molar-refractivity contribution is 7.19. The SMILES string of the molecule is Clc1ccc(-c2cc(-c3ccccc3)c(-c3ccccc3)s2)cc1Cl. The van der Waals surface area contributed by atoms with Gasteiger partial charge in [-0.15, -0.1) is 11.3 Å². The molecule has 4 aromatic rings. The summed E-state index contributed by atoms with van der Waals surface area (Å²) >= 11 is 14.1. The van der Waals surface area contributed by atoms with Crippen molar-refractivity contribution in [1.29, 1.82) is 0 Å². The summed E-state index contributed by atoms with van der Waals surface area (Å²) in [7, 11) is 0. The van der Waals surface area contributed by atoms with Gasteiger partial charge in [0.1, 0.15) is 0 Å². The lowest BCUT2D eigenvalue weighted by molar-refractivity contribution is 1.64. The Balaban J connectivity index is 1.90. The van der Waals surface area contributed by atoms with Crippen molar-refractivity contribution in [2.75, 3.05) is 0 Å². The maximum atomic E-state index is 6.22. The van der Waals surface area contributed by atoms with Crippen molar-refractivity contribution in [3.63, 3.8) is 0 Å². The third kappa shape index (κ3) is 3.36. The Morgan fingerprint density at radius 1 is 0.560 bits per heavy atom. The fraction of sp³-hybridized carbons (Fsp3) is 0. The molecule has 0 bridgehead atoms. The first-order valence-electron chi connectivity index (χ1n) is 7.92. The number of halogens is 2. The van der Waals surface area contributed by atoms with E-state index >= 15 is 0 Å². The van der Waals surface area contributed by atoms with Gasteiger partial charge in [0.2, 0.25) is 0 Å². The second kappa shape index (κ2) is 7.05. The third-order valence-corrected chi connectivity index (χ3v) is 6.03. The molecule has 0 amide bonds. The first-order chi connectivity index (χ1) is 12.2. The Morgan fingerprint density at radius 2 is 1.20 bits per heavy atom. The fourth-order valence-corrected chi connectivity index (χ4v) is 4.30. The molecule has 3 aromatic carbocycles. The predicted octanol–water partition coefficient (Wildman–Crippen LogP) is 8.06. The van der Waals surface area contributed by atoms with Crippen molar-refractivity contribution < 1.29 is 0 Å². The molecule has 0 radical (unpaired) electrons. The first kappa shape index (κ1) is 16.4. The second-order valence-electron chi connectivity index (χ2n) is 5.71. The van der Waals surface area contributed by atoms with Crippen molar-refractivity contribution in [3.05, 3.63) is 95.0 Å². The average molecular weight is 381 g/mol. The molecule has 3 heteroatoms. The summed E-state index contributed by atoms with van der Waals surface area (Å²) in [6.45, 7) is 0. The van der Waals surface area contributed by atoms with Crippen molar-refractivity contribution in [3.8, 4) is 32.0 Å². The number of hydrogen-bond donors (Lipinski definition) is 0. The number of benzene rings is 3. The molecule has 0 atom stereocenters. The molecule has 0 saturated carbocycles. The zero-order chi connectivity index (χ0) is 17.2. The number of thiophene rings is 1. The van der Waals surface area contributed by atoms with Gasteiger partial charge < -0.3 is 0 Å². The molecule has 1 aromatic heterocycles. The van der Waals surface area contributed by atoms with E-state index in [0.717, 1.165) is 5.56 Å². The van der Waals surface area contributed by atoms with Gasteiger partial charge in [0.25, 0.3) is 0 Å². The summed E-state index contributed by atoms with van der Waals surface area (Å²) in [6.07, 6.45) is 0. The van der Waals surface area contributed by atoms with E-state index < -0.39 is 0 Å². The van der Waals surface area contributed by atoms with Crippen LogP contribution < -0.4 is 0 Å². The molecule has 0 spiro atoms. The molecule has 0 N–H and O–H groups in total. The van der Waals surface area contributed by atoms with Gasteiger partial charge in [-0.1, -0.05) is 89.9 Å². The molecule has 4 rings (SSSR count). The van der Waals surface area contributed by atoms with Gasteiger partial charge in [0.05, 0.1) is 10.0 Å². The van der Waals surface area contributed by atoms with Crippen LogP contribution in [0.3, 0.4) is 0 Å². The van der Waals surface area contributed by atoms with E-state index in [9.17, 15) is 0 Å². The van der Waals surface area contributed by atoms with Crippen LogP contribution >= 0.6 is 34.5 Å². The van der Waals surface area contributed by atoms with Crippen LogP contribution in [0.25, 0.3) is 32.0 Å². The van der Waals surface area contributed by atoms with Gasteiger partial charge in [-0.2, -0.15) is 0 Å². The Kier molecular flexibility index (Phi) is 4.63. The quantitative estimate of drug-likeness (QED) is 0.337. The third-order valence-electron chi connectivity index (χ3n) is 4.06. The Bertz CT molecular complexity index is 948. The average Bonchev–Trinajstić information content (AvgIpc) is 3.11. The Labute approximate surface area is 161 Å². The smallest absolute Gasteiger partial charge is 0.0598 e. The van der Waals surface area contributed by atoms with E-state index in [1.165, 1.54) is 26.4 Å². The van der Waals surface area contributed by atoms with Crippen molar-refractivity contribution in [2.24, 2.45) is 0 Å². The molecule has 0 unspecified atom stereocenters. The summed E-state index contributed by atoms with van der Waals surface area (Å²) in [4.78, 5) is 2.43. The van der Waals surface area contributed by atoms with E-state index in [2.05, 4.69) is 54.6 Å². The van der Waals surface area contributed by atoms with E-state index in [-0.39, 0.29) is 0 Å². The van der Waals surface area contributed by atoms with Crippen LogP contribution in [0, 0.1) is 0 Å². The normalized spacial score (nSPS) is 10.8. The van der Waals surface area contributed by atoms with Gasteiger partial charge in [-0.25, -0.2) is 0 Å². The lowest BCUT2D eigenvalue weighted by Crippen LogP contribution is -1.78. The molecule has 0 aliphatic heterocycles. The minimum absolute atomic E-state index is 0.577. The minimum Gasteiger partial charge on any atom is -0.135 e. The molecule has 0 aliphatic rings. The molecule has 1 heterocycles. The maximum Gasteiger partial charge on any atom is 0.0598 e. The highest BCUT2D eigenvalue weighted by Gasteiger charge is 2.14. The number of hydrogen-bond acceptors (Lipinski definition) is 1. The molecular formula is C22H14Cl2S. The summed E-state index contributed by atoms with van der Waals surface area (Å²) in [5.41, 5.74) is 4.75. The summed E-state index contributed by atoms with van der Waals surface area (Å²) < 4.78 is 0. The molecule has 0 aliphatic carbocycles. The lowest BCUT2D eigenvalue weighted by atomic mass is 10.0. The molecule has 25 heavy (non-hydrogen) atoms. The molecule has 0 nitrogen and oxygen atoms in total. The van der Waals surface area contributed by atoms with Crippen LogP contribution in [0.1, 0.15) is 0 Å². The molecule has 122 valence electrons. The number of rotatable bonds is 3. The molecule has 0 saturated heterocycles. The molecule has 0 fully saturated rings. The van der Waals surface area contributed by atoms with E-state index in [1.54, 1.807) is 11.3 Å². The summed E-state index contributed by atoms with van der Waals surface area (Å²) in [5.74, 6) is 0. The van der Waals surface area contributed by atoms with Crippen LogP contribution in [0.15, 0.2) is 84.9 Å². The van der Waals surface area contributed by atoms with Gasteiger partial charge in [0, 0.05) is 15.3 Å². The summed E-state index contributed by atoms with van der Waals surface area (Å²) in [6, 6.07) is 29.0. The van der Waals surface area contributed by atoms with Crippen LogP contribution in [0.5, 0.6) is 0 Å². The second-order valence-corrected chi connectivity index (χ2v) is 7.58.